The van der Waals surface area contributed by atoms with Crippen molar-refractivity contribution in [1.82, 2.24) is 5.32 Å². The lowest BCUT2D eigenvalue weighted by molar-refractivity contribution is -0.150. The molecule has 2 atom stereocenters. The topological polar surface area (TPSA) is 119 Å². The van der Waals surface area contributed by atoms with E-state index in [1.54, 1.807) is 0 Å². The van der Waals surface area contributed by atoms with Crippen LogP contribution in [0, 0.1) is 0 Å². The zero-order valence-electron chi connectivity index (χ0n) is 31.1. The fourth-order valence-corrected chi connectivity index (χ4v) is 5.76. The number of ether oxygens (including phenoxy) is 1. The molecule has 0 fully saturated rings. The molecule has 0 heterocycles. The third kappa shape index (κ3) is 32.2. The minimum atomic E-state index is -1.01. The van der Waals surface area contributed by atoms with Crippen LogP contribution in [0.25, 0.3) is 0 Å². The number of aliphatic carboxylic acids is 1. The van der Waals surface area contributed by atoms with Crippen molar-refractivity contribution in [3.05, 3.63) is 36.5 Å². The quantitative estimate of drug-likeness (QED) is 0.0350. The Hall–Kier alpha value is -2.41. The van der Waals surface area contributed by atoms with Gasteiger partial charge in [0.2, 0.25) is 5.91 Å². The molecule has 48 heavy (non-hydrogen) atoms. The summed E-state index contributed by atoms with van der Waals surface area (Å²) < 4.78 is 5.99. The fourth-order valence-electron chi connectivity index (χ4n) is 5.76. The number of esters is 1. The summed E-state index contributed by atoms with van der Waals surface area (Å²) in [6, 6.07) is -0.856. The van der Waals surface area contributed by atoms with Crippen LogP contribution in [0.1, 0.15) is 187 Å². The van der Waals surface area contributed by atoms with Gasteiger partial charge in [0.05, 0.1) is 0 Å². The van der Waals surface area contributed by atoms with E-state index in [1.807, 2.05) is 0 Å². The number of hydrogen-bond acceptors (Lipinski definition) is 5. The van der Waals surface area contributed by atoms with E-state index >= 15 is 0 Å². The highest BCUT2D eigenvalue weighted by Crippen LogP contribution is 2.18. The first-order chi connectivity index (χ1) is 23.4. The summed E-state index contributed by atoms with van der Waals surface area (Å²) in [4.78, 5) is 36.2. The van der Waals surface area contributed by atoms with Crippen LogP contribution >= 0.6 is 0 Å². The van der Waals surface area contributed by atoms with Crippen molar-refractivity contribution in [3.63, 3.8) is 0 Å². The normalized spacial score (nSPS) is 13.1. The van der Waals surface area contributed by atoms with E-state index in [0.29, 0.717) is 32.2 Å². The molecule has 278 valence electrons. The van der Waals surface area contributed by atoms with E-state index in [4.69, 9.17) is 10.5 Å². The van der Waals surface area contributed by atoms with Crippen LogP contribution in [-0.2, 0) is 19.1 Å². The molecule has 0 saturated heterocycles. The number of carbonyl (C=O) groups excluding carboxylic acids is 2. The van der Waals surface area contributed by atoms with Gasteiger partial charge in [-0.3, -0.25) is 9.59 Å². The van der Waals surface area contributed by atoms with Gasteiger partial charge in [-0.15, -0.1) is 0 Å². The first-order valence-corrected chi connectivity index (χ1v) is 19.8. The van der Waals surface area contributed by atoms with Crippen LogP contribution < -0.4 is 11.1 Å². The van der Waals surface area contributed by atoms with Gasteiger partial charge >= 0.3 is 11.9 Å². The molecule has 7 nitrogen and oxygen atoms in total. The van der Waals surface area contributed by atoms with Crippen LogP contribution in [0.3, 0.4) is 0 Å². The highest BCUT2D eigenvalue weighted by atomic mass is 16.5. The van der Waals surface area contributed by atoms with E-state index in [0.717, 1.165) is 89.9 Å². The minimum absolute atomic E-state index is 0.00910. The van der Waals surface area contributed by atoms with E-state index in [9.17, 15) is 19.5 Å². The lowest BCUT2D eigenvalue weighted by Gasteiger charge is -2.18. The Balaban J connectivity index is 4.23. The standard InChI is InChI=1S/C41H74N2O5/c1-3-5-7-9-11-12-13-14-15-16-17-18-20-25-29-35-40(45)48-37(31-26-22-19-10-8-6-4-2)32-27-23-21-24-28-34-39(44)43-38(41(46)47)33-30-36-42/h5,7,11-12,14-15,37-38H,3-4,6,8-10,13,16-36,42H2,1-2H3,(H,43,44)(H,46,47)/b7-5-,12-11-,15-14-. The molecule has 0 bridgehead atoms. The molecule has 0 saturated carbocycles. The fraction of sp³-hybridized carbons (Fsp3) is 0.780. The monoisotopic (exact) mass is 675 g/mol. The number of carboxylic acids is 1. The number of amides is 1. The summed E-state index contributed by atoms with van der Waals surface area (Å²) in [5.74, 6) is -1.25. The third-order valence-electron chi connectivity index (χ3n) is 8.72. The van der Waals surface area contributed by atoms with Gasteiger partial charge in [0, 0.05) is 12.8 Å². The average Bonchev–Trinajstić information content (AvgIpc) is 3.07. The van der Waals surface area contributed by atoms with Crippen molar-refractivity contribution >= 4 is 17.8 Å². The summed E-state index contributed by atoms with van der Waals surface area (Å²) in [6.07, 6.45) is 40.4. The molecule has 7 heteroatoms. The highest BCUT2D eigenvalue weighted by Gasteiger charge is 2.19. The maximum absolute atomic E-state index is 12.7. The lowest BCUT2D eigenvalue weighted by atomic mass is 10.0. The number of carboxylic acid groups (broad SMARTS) is 1. The number of hydrogen-bond donors (Lipinski definition) is 3. The summed E-state index contributed by atoms with van der Waals surface area (Å²) in [6.45, 7) is 4.81. The molecule has 2 unspecified atom stereocenters. The molecular formula is C41H74N2O5. The number of allylic oxidation sites excluding steroid dienone is 6. The summed E-state index contributed by atoms with van der Waals surface area (Å²) in [7, 11) is 0. The second-order valence-electron chi connectivity index (χ2n) is 13.3. The van der Waals surface area contributed by atoms with Crippen LogP contribution in [-0.4, -0.2) is 41.6 Å². The molecule has 0 aromatic heterocycles. The molecule has 4 N–H and O–H groups in total. The Kier molecular flexibility index (Phi) is 34.1. The van der Waals surface area contributed by atoms with Gasteiger partial charge in [-0.1, -0.05) is 127 Å². The van der Waals surface area contributed by atoms with Crippen LogP contribution in [0.15, 0.2) is 36.5 Å². The van der Waals surface area contributed by atoms with Crippen molar-refractivity contribution in [2.75, 3.05) is 6.54 Å². The number of nitrogens with one attached hydrogen (secondary N) is 1. The first kappa shape index (κ1) is 45.6. The first-order valence-electron chi connectivity index (χ1n) is 19.8. The van der Waals surface area contributed by atoms with Crippen LogP contribution in [0.4, 0.5) is 0 Å². The van der Waals surface area contributed by atoms with Gasteiger partial charge in [0.25, 0.3) is 0 Å². The Morgan fingerprint density at radius 3 is 1.73 bits per heavy atom. The molecule has 0 aromatic rings. The second kappa shape index (κ2) is 35.9. The van der Waals surface area contributed by atoms with Gasteiger partial charge in [-0.25, -0.2) is 4.79 Å². The van der Waals surface area contributed by atoms with Crippen molar-refractivity contribution in [1.29, 1.82) is 0 Å². The molecule has 0 aliphatic carbocycles. The molecule has 0 spiro atoms. The van der Waals surface area contributed by atoms with Crippen molar-refractivity contribution in [2.24, 2.45) is 5.73 Å². The zero-order chi connectivity index (χ0) is 35.3. The van der Waals surface area contributed by atoms with E-state index < -0.39 is 12.0 Å². The number of carbonyl (C=O) groups is 3. The predicted octanol–water partition coefficient (Wildman–Crippen LogP) is 10.7. The van der Waals surface area contributed by atoms with Crippen molar-refractivity contribution in [3.8, 4) is 0 Å². The predicted molar refractivity (Wildman–Crippen MR) is 202 cm³/mol. The van der Waals surface area contributed by atoms with E-state index in [2.05, 4.69) is 55.6 Å². The molecule has 0 aromatic carbocycles. The van der Waals surface area contributed by atoms with Gasteiger partial charge in [0.1, 0.15) is 12.1 Å². The zero-order valence-corrected chi connectivity index (χ0v) is 31.1. The van der Waals surface area contributed by atoms with E-state index in [-0.39, 0.29) is 18.0 Å². The maximum atomic E-state index is 12.7. The Morgan fingerprint density at radius 1 is 0.625 bits per heavy atom. The summed E-state index contributed by atoms with van der Waals surface area (Å²) in [5.41, 5.74) is 5.47. The molecular weight excluding hydrogens is 600 g/mol. The van der Waals surface area contributed by atoms with Crippen molar-refractivity contribution < 1.29 is 24.2 Å². The molecule has 1 amide bonds. The smallest absolute Gasteiger partial charge is 0.326 e. The van der Waals surface area contributed by atoms with Crippen LogP contribution in [0.5, 0.6) is 0 Å². The lowest BCUT2D eigenvalue weighted by Crippen LogP contribution is -2.40. The Labute approximate surface area is 295 Å². The van der Waals surface area contributed by atoms with Gasteiger partial charge in [-0.2, -0.15) is 0 Å². The highest BCUT2D eigenvalue weighted by molar-refractivity contribution is 5.83. The van der Waals surface area contributed by atoms with Gasteiger partial charge in [-0.05, 0) is 90.0 Å². The molecule has 0 aliphatic rings. The minimum Gasteiger partial charge on any atom is -0.480 e. The van der Waals surface area contributed by atoms with Gasteiger partial charge in [0.15, 0.2) is 0 Å². The maximum Gasteiger partial charge on any atom is 0.326 e. The third-order valence-corrected chi connectivity index (χ3v) is 8.72. The molecule has 0 aliphatic heterocycles. The Morgan fingerprint density at radius 2 is 1.15 bits per heavy atom. The number of rotatable bonds is 35. The van der Waals surface area contributed by atoms with E-state index in [1.165, 1.54) is 57.8 Å². The number of unbranched alkanes of at least 4 members (excludes halogenated alkanes) is 15. The molecule has 0 rings (SSSR count). The summed E-state index contributed by atoms with van der Waals surface area (Å²) >= 11 is 0. The SMILES string of the molecule is CC/C=C\C/C=C\C/C=C\CCCCCCCC(=O)OC(CCCCCCCCC)CCCCCCCC(=O)NC(CCCN)C(=O)O. The average molecular weight is 675 g/mol. The van der Waals surface area contributed by atoms with Gasteiger partial charge < -0.3 is 20.9 Å². The second-order valence-corrected chi connectivity index (χ2v) is 13.3. The molecule has 0 radical (unpaired) electrons. The summed E-state index contributed by atoms with van der Waals surface area (Å²) in [5, 5.41) is 11.9. The largest absolute Gasteiger partial charge is 0.480 e. The Bertz CT molecular complexity index is 854. The number of nitrogens with two attached hydrogens (primary N) is 1. The van der Waals surface area contributed by atoms with Crippen molar-refractivity contribution in [2.45, 2.75) is 199 Å². The van der Waals surface area contributed by atoms with Crippen LogP contribution in [0.2, 0.25) is 0 Å².